The highest BCUT2D eigenvalue weighted by atomic mass is 35.5. The van der Waals surface area contributed by atoms with Gasteiger partial charge in [0.1, 0.15) is 4.21 Å². The van der Waals surface area contributed by atoms with Crippen LogP contribution in [-0.2, 0) is 10.0 Å². The molecule has 3 aromatic rings. The molecule has 0 bridgehead atoms. The first kappa shape index (κ1) is 19.7. The van der Waals surface area contributed by atoms with Crippen LogP contribution in [0.4, 0.5) is 11.4 Å². The van der Waals surface area contributed by atoms with E-state index in [4.69, 9.17) is 23.2 Å². The van der Waals surface area contributed by atoms with Crippen LogP contribution in [-0.4, -0.2) is 21.4 Å². The van der Waals surface area contributed by atoms with Crippen LogP contribution in [0.15, 0.2) is 64.2 Å². The van der Waals surface area contributed by atoms with Crippen molar-refractivity contribution >= 4 is 61.8 Å². The van der Waals surface area contributed by atoms with Gasteiger partial charge in [0.05, 0.1) is 21.4 Å². The minimum atomic E-state index is -3.63. The summed E-state index contributed by atoms with van der Waals surface area (Å²) in [5, 5.41) is 5.02. The lowest BCUT2D eigenvalue weighted by atomic mass is 10.2. The first-order valence-electron chi connectivity index (χ1n) is 7.68. The standard InChI is InChI=1S/C18H14Cl2N2O3S2/c1-22(27(24,25)16-6-3-11-26-16)13-9-7-12(8-10-13)18(23)21-17-14(19)4-2-5-15(17)20/h2-11H,1H3,(H,21,23). The van der Waals surface area contributed by atoms with Crippen molar-refractivity contribution in [2.24, 2.45) is 0 Å². The fourth-order valence-corrected chi connectivity index (χ4v) is 5.16. The smallest absolute Gasteiger partial charge is 0.273 e. The van der Waals surface area contributed by atoms with Crippen molar-refractivity contribution in [2.75, 3.05) is 16.7 Å². The third kappa shape index (κ3) is 4.11. The molecule has 0 fully saturated rings. The van der Waals surface area contributed by atoms with Crippen molar-refractivity contribution < 1.29 is 13.2 Å². The Morgan fingerprint density at radius 2 is 1.63 bits per heavy atom. The average Bonchev–Trinajstić information content (AvgIpc) is 3.20. The van der Waals surface area contributed by atoms with E-state index >= 15 is 0 Å². The van der Waals surface area contributed by atoms with Gasteiger partial charge in [-0.25, -0.2) is 8.42 Å². The van der Waals surface area contributed by atoms with Crippen LogP contribution < -0.4 is 9.62 Å². The molecule has 0 radical (unpaired) electrons. The van der Waals surface area contributed by atoms with Gasteiger partial charge < -0.3 is 5.32 Å². The Hall–Kier alpha value is -2.06. The van der Waals surface area contributed by atoms with Gasteiger partial charge in [-0.1, -0.05) is 35.3 Å². The molecule has 0 atom stereocenters. The van der Waals surface area contributed by atoms with E-state index in [9.17, 15) is 13.2 Å². The van der Waals surface area contributed by atoms with Gasteiger partial charge in [0.2, 0.25) is 0 Å². The summed E-state index contributed by atoms with van der Waals surface area (Å²) < 4.78 is 26.5. The number of carbonyl (C=O) groups excluding carboxylic acids is 1. The van der Waals surface area contributed by atoms with Crippen LogP contribution in [0.5, 0.6) is 0 Å². The maximum absolute atomic E-state index is 12.6. The Bertz CT molecular complexity index is 1050. The molecular formula is C18H14Cl2N2O3S2. The number of anilines is 2. The number of nitrogens with zero attached hydrogens (tertiary/aromatic N) is 1. The van der Waals surface area contributed by atoms with E-state index in [0.29, 0.717) is 27.0 Å². The second-order valence-corrected chi connectivity index (χ2v) is 9.46. The highest BCUT2D eigenvalue weighted by Gasteiger charge is 2.22. The molecule has 0 unspecified atom stereocenters. The van der Waals surface area contributed by atoms with Crippen LogP contribution in [0.25, 0.3) is 0 Å². The molecule has 2 aromatic carbocycles. The number of hydrogen-bond donors (Lipinski definition) is 1. The van der Waals surface area contributed by atoms with Crippen LogP contribution in [0.3, 0.4) is 0 Å². The molecule has 1 N–H and O–H groups in total. The summed E-state index contributed by atoms with van der Waals surface area (Å²) in [6.07, 6.45) is 0. The largest absolute Gasteiger partial charge is 0.319 e. The lowest BCUT2D eigenvalue weighted by Crippen LogP contribution is -2.25. The number of nitrogens with one attached hydrogen (secondary N) is 1. The summed E-state index contributed by atoms with van der Waals surface area (Å²) >= 11 is 13.3. The summed E-state index contributed by atoms with van der Waals surface area (Å²) in [6.45, 7) is 0. The second-order valence-electron chi connectivity index (χ2n) is 5.50. The van der Waals surface area contributed by atoms with E-state index in [1.807, 2.05) is 0 Å². The van der Waals surface area contributed by atoms with Crippen molar-refractivity contribution in [3.8, 4) is 0 Å². The number of thiophene rings is 1. The molecule has 27 heavy (non-hydrogen) atoms. The van der Waals surface area contributed by atoms with Gasteiger partial charge in [0, 0.05) is 12.6 Å². The van der Waals surface area contributed by atoms with Crippen LogP contribution in [0.2, 0.25) is 10.0 Å². The minimum absolute atomic E-state index is 0.250. The van der Waals surface area contributed by atoms with Crippen molar-refractivity contribution in [2.45, 2.75) is 4.21 Å². The summed E-state index contributed by atoms with van der Waals surface area (Å²) in [7, 11) is -2.16. The zero-order valence-electron chi connectivity index (χ0n) is 14.0. The average molecular weight is 441 g/mol. The lowest BCUT2D eigenvalue weighted by Gasteiger charge is -2.18. The van der Waals surface area contributed by atoms with Crippen molar-refractivity contribution in [1.29, 1.82) is 0 Å². The second kappa shape index (κ2) is 7.90. The molecule has 0 spiro atoms. The Balaban J connectivity index is 1.80. The fourth-order valence-electron chi connectivity index (χ4n) is 2.31. The summed E-state index contributed by atoms with van der Waals surface area (Å²) in [6, 6.07) is 14.4. The van der Waals surface area contributed by atoms with E-state index in [1.165, 1.54) is 23.5 Å². The van der Waals surface area contributed by atoms with Crippen LogP contribution >= 0.6 is 34.5 Å². The van der Waals surface area contributed by atoms with Gasteiger partial charge in [0.25, 0.3) is 15.9 Å². The number of amides is 1. The summed E-state index contributed by atoms with van der Waals surface area (Å²) in [5.74, 6) is -0.402. The molecule has 1 heterocycles. The number of rotatable bonds is 5. The van der Waals surface area contributed by atoms with Crippen LogP contribution in [0.1, 0.15) is 10.4 Å². The predicted octanol–water partition coefficient (Wildman–Crippen LogP) is 5.13. The molecule has 3 rings (SSSR count). The molecule has 1 aromatic heterocycles. The van der Waals surface area contributed by atoms with Gasteiger partial charge in [-0.05, 0) is 47.8 Å². The predicted molar refractivity (Wildman–Crippen MR) is 111 cm³/mol. The van der Waals surface area contributed by atoms with E-state index in [-0.39, 0.29) is 4.21 Å². The zero-order valence-corrected chi connectivity index (χ0v) is 17.2. The van der Waals surface area contributed by atoms with Crippen molar-refractivity contribution in [3.05, 3.63) is 75.6 Å². The molecule has 1 amide bonds. The molecule has 9 heteroatoms. The zero-order chi connectivity index (χ0) is 19.6. The summed E-state index contributed by atoms with van der Waals surface area (Å²) in [4.78, 5) is 12.4. The molecular weight excluding hydrogens is 427 g/mol. The lowest BCUT2D eigenvalue weighted by molar-refractivity contribution is 0.102. The molecule has 0 saturated heterocycles. The normalized spacial score (nSPS) is 11.2. The number of halogens is 2. The Labute approximate surface area is 171 Å². The summed E-state index contributed by atoms with van der Waals surface area (Å²) in [5.41, 5.74) is 1.11. The van der Waals surface area contributed by atoms with Gasteiger partial charge in [-0.15, -0.1) is 11.3 Å². The number of carbonyl (C=O) groups is 1. The Kier molecular flexibility index (Phi) is 5.76. The van der Waals surface area contributed by atoms with Crippen LogP contribution in [0, 0.1) is 0 Å². The van der Waals surface area contributed by atoms with Crippen molar-refractivity contribution in [1.82, 2.24) is 0 Å². The maximum atomic E-state index is 12.6. The first-order valence-corrected chi connectivity index (χ1v) is 10.8. The number of benzene rings is 2. The molecule has 0 aliphatic rings. The Morgan fingerprint density at radius 3 is 2.19 bits per heavy atom. The Morgan fingerprint density at radius 1 is 1.00 bits per heavy atom. The van der Waals surface area contributed by atoms with Gasteiger partial charge in [-0.3, -0.25) is 9.10 Å². The fraction of sp³-hybridized carbons (Fsp3) is 0.0556. The van der Waals surface area contributed by atoms with Gasteiger partial charge in [-0.2, -0.15) is 0 Å². The monoisotopic (exact) mass is 440 g/mol. The topological polar surface area (TPSA) is 66.5 Å². The van der Waals surface area contributed by atoms with E-state index in [0.717, 1.165) is 11.3 Å². The molecule has 0 aliphatic carbocycles. The highest BCUT2D eigenvalue weighted by molar-refractivity contribution is 7.94. The number of sulfonamides is 1. The first-order chi connectivity index (χ1) is 12.8. The minimum Gasteiger partial charge on any atom is -0.319 e. The third-order valence-corrected chi connectivity index (χ3v) is 7.59. The van der Waals surface area contributed by atoms with Crippen molar-refractivity contribution in [3.63, 3.8) is 0 Å². The number of para-hydroxylation sites is 1. The van der Waals surface area contributed by atoms with Gasteiger partial charge in [0.15, 0.2) is 0 Å². The highest BCUT2D eigenvalue weighted by Crippen LogP contribution is 2.30. The molecule has 0 saturated carbocycles. The van der Waals surface area contributed by atoms with Gasteiger partial charge >= 0.3 is 0 Å². The number of hydrogen-bond acceptors (Lipinski definition) is 4. The molecule has 0 aliphatic heterocycles. The SMILES string of the molecule is CN(c1ccc(C(=O)Nc2c(Cl)cccc2Cl)cc1)S(=O)(=O)c1cccs1. The molecule has 140 valence electrons. The molecule has 5 nitrogen and oxygen atoms in total. The third-order valence-electron chi connectivity index (χ3n) is 3.80. The van der Waals surface area contributed by atoms with E-state index in [1.54, 1.807) is 47.8 Å². The van der Waals surface area contributed by atoms with E-state index in [2.05, 4.69) is 5.32 Å². The quantitative estimate of drug-likeness (QED) is 0.597. The maximum Gasteiger partial charge on any atom is 0.273 e. The van der Waals surface area contributed by atoms with E-state index < -0.39 is 15.9 Å².